The zero-order chi connectivity index (χ0) is 14.5. The Kier molecular flexibility index (Phi) is 4.75. The Morgan fingerprint density at radius 3 is 3.10 bits per heavy atom. The van der Waals surface area contributed by atoms with Gasteiger partial charge in [-0.2, -0.15) is 0 Å². The van der Waals surface area contributed by atoms with Gasteiger partial charge in [-0.05, 0) is 0 Å². The Balaban J connectivity index is 1.93. The molecule has 0 bridgehead atoms. The van der Waals surface area contributed by atoms with E-state index in [2.05, 4.69) is 4.74 Å². The van der Waals surface area contributed by atoms with Crippen molar-refractivity contribution in [2.75, 3.05) is 26.8 Å². The zero-order valence-electron chi connectivity index (χ0n) is 11.2. The number of methoxy groups -OCH3 is 1. The second kappa shape index (κ2) is 6.53. The van der Waals surface area contributed by atoms with Crippen LogP contribution in [0.3, 0.4) is 0 Å². The number of carbonyl (C=O) groups excluding carboxylic acids is 1. The summed E-state index contributed by atoms with van der Waals surface area (Å²) >= 11 is 0. The third-order valence-corrected chi connectivity index (χ3v) is 3.09. The molecule has 1 saturated heterocycles. The Bertz CT molecular complexity index is 526. The SMILES string of the molecule is COC(=O)CC1CN(Cc2cc(=O)c(O)co2)CCO1. The van der Waals surface area contributed by atoms with Gasteiger partial charge in [0.15, 0.2) is 5.75 Å². The van der Waals surface area contributed by atoms with Crippen LogP contribution in [-0.2, 0) is 20.8 Å². The first-order valence-electron chi connectivity index (χ1n) is 6.30. The van der Waals surface area contributed by atoms with Crippen molar-refractivity contribution >= 4 is 5.97 Å². The average Bonchev–Trinajstić information content (AvgIpc) is 2.43. The smallest absolute Gasteiger partial charge is 0.308 e. The fourth-order valence-electron chi connectivity index (χ4n) is 2.06. The summed E-state index contributed by atoms with van der Waals surface area (Å²) in [6.45, 7) is 2.17. The molecule has 20 heavy (non-hydrogen) atoms. The molecule has 2 rings (SSSR count). The summed E-state index contributed by atoms with van der Waals surface area (Å²) in [6, 6.07) is 1.26. The first-order valence-corrected chi connectivity index (χ1v) is 6.30. The molecule has 7 nitrogen and oxygen atoms in total. The predicted octanol–water partition coefficient (Wildman–Crippen LogP) is 0.109. The highest BCUT2D eigenvalue weighted by Crippen LogP contribution is 2.13. The Morgan fingerprint density at radius 2 is 2.40 bits per heavy atom. The van der Waals surface area contributed by atoms with Crippen molar-refractivity contribution in [2.45, 2.75) is 19.1 Å². The van der Waals surface area contributed by atoms with E-state index in [0.717, 1.165) is 6.26 Å². The van der Waals surface area contributed by atoms with Gasteiger partial charge >= 0.3 is 5.97 Å². The summed E-state index contributed by atoms with van der Waals surface area (Å²) in [6.07, 6.45) is 1.01. The number of nitrogens with zero attached hydrogens (tertiary/aromatic N) is 1. The number of ether oxygens (including phenoxy) is 2. The van der Waals surface area contributed by atoms with Gasteiger partial charge in [-0.1, -0.05) is 0 Å². The van der Waals surface area contributed by atoms with E-state index in [4.69, 9.17) is 14.3 Å². The summed E-state index contributed by atoms with van der Waals surface area (Å²) in [7, 11) is 1.34. The molecule has 1 aromatic heterocycles. The fourth-order valence-corrected chi connectivity index (χ4v) is 2.06. The highest BCUT2D eigenvalue weighted by atomic mass is 16.5. The molecule has 1 unspecified atom stereocenters. The van der Waals surface area contributed by atoms with Crippen LogP contribution in [0.2, 0.25) is 0 Å². The van der Waals surface area contributed by atoms with E-state index >= 15 is 0 Å². The lowest BCUT2D eigenvalue weighted by atomic mass is 10.2. The molecule has 1 atom stereocenters. The van der Waals surface area contributed by atoms with E-state index in [1.54, 1.807) is 0 Å². The van der Waals surface area contributed by atoms with Crippen molar-refractivity contribution in [3.8, 4) is 5.75 Å². The van der Waals surface area contributed by atoms with Gasteiger partial charge in [0.1, 0.15) is 12.0 Å². The van der Waals surface area contributed by atoms with Gasteiger partial charge in [0.05, 0.1) is 32.8 Å². The molecule has 0 amide bonds. The van der Waals surface area contributed by atoms with Gasteiger partial charge in [-0.15, -0.1) is 0 Å². The summed E-state index contributed by atoms with van der Waals surface area (Å²) in [5, 5.41) is 9.13. The molecule has 1 N–H and O–H groups in total. The molecule has 1 aromatic rings. The van der Waals surface area contributed by atoms with Crippen molar-refractivity contribution in [1.29, 1.82) is 0 Å². The van der Waals surface area contributed by atoms with Gasteiger partial charge < -0.3 is 19.0 Å². The summed E-state index contributed by atoms with van der Waals surface area (Å²) in [5.41, 5.74) is -0.467. The molecule has 1 aliphatic heterocycles. The minimum atomic E-state index is -0.467. The average molecular weight is 283 g/mol. The maximum absolute atomic E-state index is 11.3. The zero-order valence-corrected chi connectivity index (χ0v) is 11.2. The Morgan fingerprint density at radius 1 is 1.60 bits per heavy atom. The van der Waals surface area contributed by atoms with Crippen LogP contribution in [0.15, 0.2) is 21.5 Å². The van der Waals surface area contributed by atoms with Gasteiger partial charge in [0.25, 0.3) is 0 Å². The van der Waals surface area contributed by atoms with Crippen LogP contribution in [0, 0.1) is 0 Å². The molecule has 1 fully saturated rings. The molecule has 2 heterocycles. The fraction of sp³-hybridized carbons (Fsp3) is 0.538. The number of hydrogen-bond donors (Lipinski definition) is 1. The molecule has 110 valence electrons. The lowest BCUT2D eigenvalue weighted by molar-refractivity contribution is -0.145. The first-order chi connectivity index (χ1) is 9.58. The van der Waals surface area contributed by atoms with Gasteiger partial charge in [-0.3, -0.25) is 14.5 Å². The Labute approximate surface area is 115 Å². The molecule has 7 heteroatoms. The molecule has 0 aliphatic carbocycles. The van der Waals surface area contributed by atoms with Gasteiger partial charge in [0.2, 0.25) is 5.43 Å². The first kappa shape index (κ1) is 14.5. The summed E-state index contributed by atoms with van der Waals surface area (Å²) in [5.74, 6) is -0.251. The third kappa shape index (κ3) is 3.82. The van der Waals surface area contributed by atoms with Crippen LogP contribution in [0.5, 0.6) is 5.75 Å². The molecule has 0 spiro atoms. The summed E-state index contributed by atoms with van der Waals surface area (Å²) in [4.78, 5) is 24.6. The van der Waals surface area contributed by atoms with Crippen LogP contribution in [-0.4, -0.2) is 48.9 Å². The number of morpholine rings is 1. The normalized spacial score (nSPS) is 19.8. The second-order valence-electron chi connectivity index (χ2n) is 4.60. The standard InChI is InChI=1S/C13H17NO6/c1-18-13(17)5-10-7-14(2-3-19-10)6-9-4-11(15)12(16)8-20-9/h4,8,10,16H,2-3,5-7H2,1H3. The maximum Gasteiger partial charge on any atom is 0.308 e. The minimum absolute atomic E-state index is 0.201. The molecular weight excluding hydrogens is 266 g/mol. The van der Waals surface area contributed by atoms with Crippen LogP contribution < -0.4 is 5.43 Å². The number of carbonyl (C=O) groups is 1. The van der Waals surface area contributed by atoms with Crippen molar-refractivity contribution in [3.05, 3.63) is 28.3 Å². The largest absolute Gasteiger partial charge is 0.502 e. The van der Waals surface area contributed by atoms with E-state index in [9.17, 15) is 9.59 Å². The second-order valence-corrected chi connectivity index (χ2v) is 4.60. The molecule has 1 aliphatic rings. The van der Waals surface area contributed by atoms with Crippen LogP contribution in [0.1, 0.15) is 12.2 Å². The molecular formula is C13H17NO6. The predicted molar refractivity (Wildman–Crippen MR) is 68.3 cm³/mol. The van der Waals surface area contributed by atoms with E-state index in [1.807, 2.05) is 4.90 Å². The van der Waals surface area contributed by atoms with E-state index < -0.39 is 11.2 Å². The van der Waals surface area contributed by atoms with Crippen molar-refractivity contribution in [2.24, 2.45) is 0 Å². The Hall–Kier alpha value is -1.86. The number of esters is 1. The quantitative estimate of drug-likeness (QED) is 0.784. The third-order valence-electron chi connectivity index (χ3n) is 3.09. The van der Waals surface area contributed by atoms with Crippen LogP contribution in [0.25, 0.3) is 0 Å². The minimum Gasteiger partial charge on any atom is -0.502 e. The molecule has 0 aromatic carbocycles. The van der Waals surface area contributed by atoms with Gasteiger partial charge in [0, 0.05) is 19.2 Å². The van der Waals surface area contributed by atoms with E-state index in [-0.39, 0.29) is 18.5 Å². The van der Waals surface area contributed by atoms with E-state index in [0.29, 0.717) is 32.0 Å². The lowest BCUT2D eigenvalue weighted by Gasteiger charge is -2.31. The van der Waals surface area contributed by atoms with Gasteiger partial charge in [-0.25, -0.2) is 0 Å². The topological polar surface area (TPSA) is 89.2 Å². The molecule has 0 radical (unpaired) electrons. The summed E-state index contributed by atoms with van der Waals surface area (Å²) < 4.78 is 15.3. The van der Waals surface area contributed by atoms with Crippen LogP contribution in [0.4, 0.5) is 0 Å². The van der Waals surface area contributed by atoms with E-state index in [1.165, 1.54) is 13.2 Å². The van der Waals surface area contributed by atoms with Crippen molar-refractivity contribution < 1.29 is 23.8 Å². The number of hydrogen-bond acceptors (Lipinski definition) is 7. The van der Waals surface area contributed by atoms with Crippen molar-refractivity contribution in [3.63, 3.8) is 0 Å². The number of rotatable bonds is 4. The number of aromatic hydroxyl groups is 1. The van der Waals surface area contributed by atoms with Crippen molar-refractivity contribution in [1.82, 2.24) is 4.90 Å². The van der Waals surface area contributed by atoms with Crippen LogP contribution >= 0.6 is 0 Å². The molecule has 0 saturated carbocycles. The maximum atomic E-state index is 11.3. The highest BCUT2D eigenvalue weighted by Gasteiger charge is 2.23. The lowest BCUT2D eigenvalue weighted by Crippen LogP contribution is -2.42. The monoisotopic (exact) mass is 283 g/mol. The highest BCUT2D eigenvalue weighted by molar-refractivity contribution is 5.69.